The van der Waals surface area contributed by atoms with Crippen molar-refractivity contribution in [3.63, 3.8) is 0 Å². The number of hydrogen-bond donors (Lipinski definition) is 1. The Kier molecular flexibility index (Phi) is 3.31. The van der Waals surface area contributed by atoms with Crippen molar-refractivity contribution >= 4 is 5.91 Å². The van der Waals surface area contributed by atoms with Gasteiger partial charge in [-0.2, -0.15) is 0 Å². The first kappa shape index (κ1) is 12.7. The van der Waals surface area contributed by atoms with E-state index in [0.717, 1.165) is 31.5 Å². The van der Waals surface area contributed by atoms with Crippen LogP contribution in [0.25, 0.3) is 0 Å². The van der Waals surface area contributed by atoms with Gasteiger partial charge < -0.3 is 10.6 Å². The molecule has 1 aliphatic heterocycles. The van der Waals surface area contributed by atoms with Crippen molar-refractivity contribution in [1.29, 1.82) is 0 Å². The van der Waals surface area contributed by atoms with Crippen molar-refractivity contribution in [2.75, 3.05) is 13.1 Å². The van der Waals surface area contributed by atoms with Crippen LogP contribution in [0, 0.1) is 5.92 Å². The van der Waals surface area contributed by atoms with E-state index < -0.39 is 0 Å². The van der Waals surface area contributed by atoms with Gasteiger partial charge in [-0.1, -0.05) is 6.07 Å². The minimum atomic E-state index is 0.179. The lowest BCUT2D eigenvalue weighted by molar-refractivity contribution is 0.0786. The molecule has 3 nitrogen and oxygen atoms in total. The summed E-state index contributed by atoms with van der Waals surface area (Å²) in [5, 5.41) is 0. The molecule has 0 radical (unpaired) electrons. The zero-order valence-corrected chi connectivity index (χ0v) is 11.6. The molecular weight excluding hydrogens is 236 g/mol. The number of aryl methyl sites for hydroxylation is 2. The molecule has 3 rings (SSSR count). The molecule has 1 fully saturated rings. The van der Waals surface area contributed by atoms with Crippen LogP contribution in [-0.2, 0) is 12.8 Å². The monoisotopic (exact) mass is 258 g/mol. The molecule has 2 N–H and O–H groups in total. The van der Waals surface area contributed by atoms with Crippen LogP contribution < -0.4 is 5.73 Å². The van der Waals surface area contributed by atoms with E-state index in [1.807, 2.05) is 17.9 Å². The summed E-state index contributed by atoms with van der Waals surface area (Å²) in [6.07, 6.45) is 4.55. The van der Waals surface area contributed by atoms with E-state index in [-0.39, 0.29) is 11.9 Å². The first-order valence-electron chi connectivity index (χ1n) is 7.32. The minimum Gasteiger partial charge on any atom is -0.338 e. The number of carbonyl (C=O) groups excluding carboxylic acids is 1. The Hall–Kier alpha value is -1.35. The molecule has 0 aromatic heterocycles. The predicted octanol–water partition coefficient (Wildman–Crippen LogP) is 1.98. The maximum Gasteiger partial charge on any atom is 0.253 e. The van der Waals surface area contributed by atoms with Crippen LogP contribution in [0.5, 0.6) is 0 Å². The van der Waals surface area contributed by atoms with Crippen LogP contribution in [0.15, 0.2) is 18.2 Å². The van der Waals surface area contributed by atoms with Gasteiger partial charge in [0.15, 0.2) is 0 Å². The Morgan fingerprint density at radius 1 is 1.37 bits per heavy atom. The molecule has 1 aromatic rings. The zero-order valence-electron chi connectivity index (χ0n) is 11.6. The molecule has 3 heteroatoms. The molecule has 1 amide bonds. The number of hydrogen-bond acceptors (Lipinski definition) is 2. The number of likely N-dealkylation sites (tertiary alicyclic amines) is 1. The maximum absolute atomic E-state index is 12.5. The number of benzene rings is 1. The third-order valence-corrected chi connectivity index (χ3v) is 4.60. The van der Waals surface area contributed by atoms with Crippen molar-refractivity contribution in [3.05, 3.63) is 34.9 Å². The predicted molar refractivity (Wildman–Crippen MR) is 76.1 cm³/mol. The molecule has 19 heavy (non-hydrogen) atoms. The van der Waals surface area contributed by atoms with Gasteiger partial charge in [0.2, 0.25) is 0 Å². The quantitative estimate of drug-likeness (QED) is 0.881. The second-order valence-electron chi connectivity index (χ2n) is 6.00. The third-order valence-electron chi connectivity index (χ3n) is 4.60. The Morgan fingerprint density at radius 2 is 2.16 bits per heavy atom. The first-order chi connectivity index (χ1) is 9.15. The summed E-state index contributed by atoms with van der Waals surface area (Å²) in [6.45, 7) is 3.70. The number of nitrogens with two attached hydrogens (primary N) is 1. The van der Waals surface area contributed by atoms with E-state index in [4.69, 9.17) is 5.73 Å². The fourth-order valence-electron chi connectivity index (χ4n) is 3.29. The molecule has 2 unspecified atom stereocenters. The molecule has 0 saturated carbocycles. The van der Waals surface area contributed by atoms with Gasteiger partial charge in [0.05, 0.1) is 0 Å². The Morgan fingerprint density at radius 3 is 2.89 bits per heavy atom. The highest BCUT2D eigenvalue weighted by Crippen LogP contribution is 2.25. The molecule has 102 valence electrons. The Labute approximate surface area is 114 Å². The highest BCUT2D eigenvalue weighted by Gasteiger charge is 2.29. The van der Waals surface area contributed by atoms with E-state index >= 15 is 0 Å². The lowest BCUT2D eigenvalue weighted by Gasteiger charge is -2.18. The van der Waals surface area contributed by atoms with Gasteiger partial charge in [0.25, 0.3) is 5.91 Å². The van der Waals surface area contributed by atoms with Gasteiger partial charge in [-0.25, -0.2) is 0 Å². The standard InChI is InChI=1S/C16H22N2O/c1-11(17)15-7-8-18(10-15)16(19)14-6-5-12-3-2-4-13(12)9-14/h5-6,9,11,15H,2-4,7-8,10,17H2,1H3. The van der Waals surface area contributed by atoms with Crippen LogP contribution >= 0.6 is 0 Å². The highest BCUT2D eigenvalue weighted by atomic mass is 16.2. The highest BCUT2D eigenvalue weighted by molar-refractivity contribution is 5.94. The largest absolute Gasteiger partial charge is 0.338 e. The number of rotatable bonds is 2. The van der Waals surface area contributed by atoms with Gasteiger partial charge in [-0.05, 0) is 61.8 Å². The van der Waals surface area contributed by atoms with Gasteiger partial charge in [0.1, 0.15) is 0 Å². The van der Waals surface area contributed by atoms with E-state index in [1.165, 1.54) is 24.0 Å². The van der Waals surface area contributed by atoms with Crippen molar-refractivity contribution < 1.29 is 4.79 Å². The normalized spacial score (nSPS) is 23.5. The number of carbonyl (C=O) groups is 1. The van der Waals surface area contributed by atoms with E-state index in [9.17, 15) is 4.79 Å². The molecule has 2 aliphatic rings. The summed E-state index contributed by atoms with van der Waals surface area (Å²) in [5.74, 6) is 0.635. The van der Waals surface area contributed by atoms with Crippen molar-refractivity contribution in [2.24, 2.45) is 11.7 Å². The van der Waals surface area contributed by atoms with Gasteiger partial charge in [-0.3, -0.25) is 4.79 Å². The van der Waals surface area contributed by atoms with E-state index in [0.29, 0.717) is 5.92 Å². The van der Waals surface area contributed by atoms with Crippen LogP contribution in [0.1, 0.15) is 41.3 Å². The third kappa shape index (κ3) is 2.39. The fourth-order valence-corrected chi connectivity index (χ4v) is 3.29. The SMILES string of the molecule is CC(N)C1CCN(C(=O)c2ccc3c(c2)CCC3)C1. The van der Waals surface area contributed by atoms with Gasteiger partial charge >= 0.3 is 0 Å². The summed E-state index contributed by atoms with van der Waals surface area (Å²) in [4.78, 5) is 14.5. The number of fused-ring (bicyclic) bond motifs is 1. The summed E-state index contributed by atoms with van der Waals surface area (Å²) in [6, 6.07) is 6.40. The Bertz CT molecular complexity index is 496. The minimum absolute atomic E-state index is 0.179. The van der Waals surface area contributed by atoms with Crippen molar-refractivity contribution in [1.82, 2.24) is 4.90 Å². The smallest absolute Gasteiger partial charge is 0.253 e. The number of nitrogens with zero attached hydrogens (tertiary/aromatic N) is 1. The lowest BCUT2D eigenvalue weighted by Crippen LogP contribution is -2.33. The molecule has 0 spiro atoms. The van der Waals surface area contributed by atoms with Crippen LogP contribution in [-0.4, -0.2) is 29.9 Å². The molecule has 2 atom stereocenters. The molecular formula is C16H22N2O. The molecule has 0 bridgehead atoms. The van der Waals surface area contributed by atoms with Crippen LogP contribution in [0.3, 0.4) is 0 Å². The lowest BCUT2D eigenvalue weighted by atomic mass is 10.0. The maximum atomic E-state index is 12.5. The Balaban J connectivity index is 1.74. The second-order valence-corrected chi connectivity index (χ2v) is 6.00. The summed E-state index contributed by atoms with van der Waals surface area (Å²) >= 11 is 0. The summed E-state index contributed by atoms with van der Waals surface area (Å²) in [7, 11) is 0. The summed E-state index contributed by atoms with van der Waals surface area (Å²) < 4.78 is 0. The van der Waals surface area contributed by atoms with Gasteiger partial charge in [0, 0.05) is 24.7 Å². The molecule has 1 aromatic carbocycles. The molecule has 1 aliphatic carbocycles. The molecule has 1 saturated heterocycles. The van der Waals surface area contributed by atoms with E-state index in [1.54, 1.807) is 0 Å². The molecule has 1 heterocycles. The zero-order chi connectivity index (χ0) is 13.4. The van der Waals surface area contributed by atoms with Gasteiger partial charge in [-0.15, -0.1) is 0 Å². The average Bonchev–Trinajstić information content (AvgIpc) is 3.06. The topological polar surface area (TPSA) is 46.3 Å². The number of amides is 1. The summed E-state index contributed by atoms with van der Waals surface area (Å²) in [5.41, 5.74) is 9.58. The fraction of sp³-hybridized carbons (Fsp3) is 0.562. The van der Waals surface area contributed by atoms with Crippen molar-refractivity contribution in [2.45, 2.75) is 38.6 Å². The second kappa shape index (κ2) is 4.97. The van der Waals surface area contributed by atoms with E-state index in [2.05, 4.69) is 12.1 Å². The van der Waals surface area contributed by atoms with Crippen LogP contribution in [0.2, 0.25) is 0 Å². The van der Waals surface area contributed by atoms with Crippen LogP contribution in [0.4, 0.5) is 0 Å². The first-order valence-corrected chi connectivity index (χ1v) is 7.32. The average molecular weight is 258 g/mol. The van der Waals surface area contributed by atoms with Crippen molar-refractivity contribution in [3.8, 4) is 0 Å².